The highest BCUT2D eigenvalue weighted by Crippen LogP contribution is 2.33. The second-order valence-corrected chi connectivity index (χ2v) is 5.93. The molecule has 1 aromatic heterocycles. The molecule has 1 aliphatic heterocycles. The Morgan fingerprint density at radius 1 is 1.17 bits per heavy atom. The Kier molecular flexibility index (Phi) is 3.62. The molecule has 0 fully saturated rings. The number of carbonyl (C=O) groups excluding carboxylic acids is 1. The van der Waals surface area contributed by atoms with Crippen molar-refractivity contribution in [3.05, 3.63) is 59.2 Å². The van der Waals surface area contributed by atoms with E-state index in [1.807, 2.05) is 0 Å². The molecule has 1 amide bonds. The maximum Gasteiger partial charge on any atom is 0.257 e. The first-order valence-corrected chi connectivity index (χ1v) is 7.99. The summed E-state index contributed by atoms with van der Waals surface area (Å²) in [5.41, 5.74) is 1.72. The minimum Gasteiger partial charge on any atom is -0.454 e. The summed E-state index contributed by atoms with van der Waals surface area (Å²) >= 11 is 1.28. The van der Waals surface area contributed by atoms with E-state index in [0.717, 1.165) is 0 Å². The maximum absolute atomic E-state index is 13.3. The van der Waals surface area contributed by atoms with Gasteiger partial charge in [-0.3, -0.25) is 10.1 Å². The number of amides is 1. The zero-order chi connectivity index (χ0) is 16.5. The first kappa shape index (κ1) is 14.6. The van der Waals surface area contributed by atoms with Gasteiger partial charge in [-0.1, -0.05) is 12.1 Å². The van der Waals surface area contributed by atoms with E-state index < -0.39 is 0 Å². The van der Waals surface area contributed by atoms with E-state index in [9.17, 15) is 9.18 Å². The molecule has 1 N–H and O–H groups in total. The second kappa shape index (κ2) is 5.93. The van der Waals surface area contributed by atoms with Crippen LogP contribution in [0.3, 0.4) is 0 Å². The average molecular weight is 342 g/mol. The van der Waals surface area contributed by atoms with Crippen LogP contribution in [0.1, 0.15) is 10.4 Å². The van der Waals surface area contributed by atoms with Crippen molar-refractivity contribution in [1.82, 2.24) is 4.98 Å². The number of aromatic nitrogens is 1. The van der Waals surface area contributed by atoms with Gasteiger partial charge in [0.1, 0.15) is 5.82 Å². The molecule has 7 heteroatoms. The molecule has 0 unspecified atom stereocenters. The molecule has 0 radical (unpaired) electrons. The molecule has 4 rings (SSSR count). The van der Waals surface area contributed by atoms with Gasteiger partial charge in [0, 0.05) is 16.5 Å². The average Bonchev–Trinajstić information content (AvgIpc) is 3.23. The summed E-state index contributed by atoms with van der Waals surface area (Å²) in [5.74, 6) is 0.538. The van der Waals surface area contributed by atoms with Crippen LogP contribution in [0.2, 0.25) is 0 Å². The van der Waals surface area contributed by atoms with Crippen LogP contribution in [0.25, 0.3) is 11.3 Å². The van der Waals surface area contributed by atoms with Gasteiger partial charge in [0.25, 0.3) is 5.91 Å². The van der Waals surface area contributed by atoms with Crippen LogP contribution in [0, 0.1) is 5.82 Å². The number of hydrogen-bond acceptors (Lipinski definition) is 5. The van der Waals surface area contributed by atoms with Crippen molar-refractivity contribution < 1.29 is 18.7 Å². The summed E-state index contributed by atoms with van der Waals surface area (Å²) < 4.78 is 23.8. The Labute approximate surface area is 140 Å². The first-order valence-electron chi connectivity index (χ1n) is 7.11. The molecule has 0 aliphatic carbocycles. The summed E-state index contributed by atoms with van der Waals surface area (Å²) in [7, 11) is 0. The third-order valence-electron chi connectivity index (χ3n) is 3.48. The van der Waals surface area contributed by atoms with Crippen molar-refractivity contribution in [2.75, 3.05) is 12.1 Å². The Hall–Kier alpha value is -2.93. The van der Waals surface area contributed by atoms with Crippen LogP contribution in [0.4, 0.5) is 9.52 Å². The van der Waals surface area contributed by atoms with E-state index in [1.54, 1.807) is 35.7 Å². The zero-order valence-corrected chi connectivity index (χ0v) is 13.1. The van der Waals surface area contributed by atoms with Crippen molar-refractivity contribution in [2.45, 2.75) is 0 Å². The number of carbonyl (C=O) groups is 1. The van der Waals surface area contributed by atoms with Gasteiger partial charge in [-0.25, -0.2) is 9.37 Å². The Balaban J connectivity index is 1.52. The molecule has 5 nitrogen and oxygen atoms in total. The molecule has 120 valence electrons. The Morgan fingerprint density at radius 3 is 2.92 bits per heavy atom. The molecular formula is C17H11FN2O3S. The SMILES string of the molecule is O=C(Nc1nc(-c2cccc(F)c2)cs1)c1ccc2c(c1)OCO2. The van der Waals surface area contributed by atoms with Gasteiger partial charge in [0.15, 0.2) is 16.6 Å². The van der Waals surface area contributed by atoms with E-state index in [4.69, 9.17) is 9.47 Å². The lowest BCUT2D eigenvalue weighted by Crippen LogP contribution is -2.11. The predicted octanol–water partition coefficient (Wildman–Crippen LogP) is 3.93. The number of benzene rings is 2. The topological polar surface area (TPSA) is 60.5 Å². The third kappa shape index (κ3) is 2.81. The summed E-state index contributed by atoms with van der Waals surface area (Å²) in [4.78, 5) is 16.6. The first-order chi connectivity index (χ1) is 11.7. The lowest BCUT2D eigenvalue weighted by molar-refractivity contribution is 0.102. The molecule has 0 saturated carbocycles. The second-order valence-electron chi connectivity index (χ2n) is 5.07. The molecule has 2 heterocycles. The standard InChI is InChI=1S/C17H11FN2O3S/c18-12-3-1-2-10(6-12)13-8-24-17(19-13)20-16(21)11-4-5-14-15(7-11)23-9-22-14/h1-8H,9H2,(H,19,20,21). The predicted molar refractivity (Wildman–Crippen MR) is 88.0 cm³/mol. The summed E-state index contributed by atoms with van der Waals surface area (Å²) in [6.45, 7) is 0.157. The maximum atomic E-state index is 13.3. The molecular weight excluding hydrogens is 331 g/mol. The Bertz CT molecular complexity index is 926. The van der Waals surface area contributed by atoms with E-state index >= 15 is 0 Å². The normalized spacial score (nSPS) is 12.2. The molecule has 24 heavy (non-hydrogen) atoms. The van der Waals surface area contributed by atoms with Gasteiger partial charge >= 0.3 is 0 Å². The largest absolute Gasteiger partial charge is 0.454 e. The van der Waals surface area contributed by atoms with Crippen molar-refractivity contribution >= 4 is 22.4 Å². The third-order valence-corrected chi connectivity index (χ3v) is 4.24. The molecule has 0 bridgehead atoms. The van der Waals surface area contributed by atoms with E-state index in [0.29, 0.717) is 33.5 Å². The fourth-order valence-electron chi connectivity index (χ4n) is 2.32. The lowest BCUT2D eigenvalue weighted by atomic mass is 10.2. The number of thiazole rings is 1. The number of ether oxygens (including phenoxy) is 2. The van der Waals surface area contributed by atoms with Crippen molar-refractivity contribution in [3.8, 4) is 22.8 Å². The minimum atomic E-state index is -0.327. The zero-order valence-electron chi connectivity index (χ0n) is 12.3. The van der Waals surface area contributed by atoms with Gasteiger partial charge < -0.3 is 9.47 Å². The number of anilines is 1. The van der Waals surface area contributed by atoms with Gasteiger partial charge in [-0.05, 0) is 30.3 Å². The molecule has 0 saturated heterocycles. The van der Waals surface area contributed by atoms with Gasteiger partial charge in [0.2, 0.25) is 6.79 Å². The van der Waals surface area contributed by atoms with E-state index in [1.165, 1.54) is 23.5 Å². The Morgan fingerprint density at radius 2 is 2.04 bits per heavy atom. The molecule has 1 aliphatic rings. The highest BCUT2D eigenvalue weighted by molar-refractivity contribution is 7.14. The van der Waals surface area contributed by atoms with E-state index in [2.05, 4.69) is 10.3 Å². The fourth-order valence-corrected chi connectivity index (χ4v) is 3.03. The summed E-state index contributed by atoms with van der Waals surface area (Å²) in [6.07, 6.45) is 0. The summed E-state index contributed by atoms with van der Waals surface area (Å²) in [6, 6.07) is 11.1. The molecule has 0 spiro atoms. The van der Waals surface area contributed by atoms with Crippen LogP contribution in [0.5, 0.6) is 11.5 Å². The molecule has 0 atom stereocenters. The quantitative estimate of drug-likeness (QED) is 0.783. The lowest BCUT2D eigenvalue weighted by Gasteiger charge is -2.03. The van der Waals surface area contributed by atoms with Crippen LogP contribution in [-0.4, -0.2) is 17.7 Å². The highest BCUT2D eigenvalue weighted by Gasteiger charge is 2.17. The minimum absolute atomic E-state index is 0.157. The van der Waals surface area contributed by atoms with Crippen molar-refractivity contribution in [2.24, 2.45) is 0 Å². The number of fused-ring (bicyclic) bond motifs is 1. The molecule has 2 aromatic carbocycles. The number of hydrogen-bond donors (Lipinski definition) is 1. The fraction of sp³-hybridized carbons (Fsp3) is 0.0588. The monoisotopic (exact) mass is 342 g/mol. The van der Waals surface area contributed by atoms with Crippen molar-refractivity contribution in [1.29, 1.82) is 0 Å². The van der Waals surface area contributed by atoms with Gasteiger partial charge in [0.05, 0.1) is 5.69 Å². The highest BCUT2D eigenvalue weighted by atomic mass is 32.1. The van der Waals surface area contributed by atoms with Crippen molar-refractivity contribution in [3.63, 3.8) is 0 Å². The molecule has 3 aromatic rings. The van der Waals surface area contributed by atoms with Gasteiger partial charge in [-0.15, -0.1) is 11.3 Å². The number of rotatable bonds is 3. The number of nitrogens with one attached hydrogen (secondary N) is 1. The summed E-state index contributed by atoms with van der Waals surface area (Å²) in [5, 5.41) is 4.94. The smallest absolute Gasteiger partial charge is 0.257 e. The van der Waals surface area contributed by atoms with E-state index in [-0.39, 0.29) is 18.5 Å². The number of nitrogens with zero attached hydrogens (tertiary/aromatic N) is 1. The van der Waals surface area contributed by atoms with Crippen LogP contribution in [0.15, 0.2) is 47.8 Å². The van der Waals surface area contributed by atoms with Crippen LogP contribution >= 0.6 is 11.3 Å². The van der Waals surface area contributed by atoms with Crippen LogP contribution < -0.4 is 14.8 Å². The van der Waals surface area contributed by atoms with Gasteiger partial charge in [-0.2, -0.15) is 0 Å². The number of halogens is 1. The van der Waals surface area contributed by atoms with Crippen LogP contribution in [-0.2, 0) is 0 Å².